The zero-order valence-electron chi connectivity index (χ0n) is 11.7. The van der Waals surface area contributed by atoms with Crippen LogP contribution in [0, 0.1) is 0 Å². The molecule has 1 unspecified atom stereocenters. The molecule has 0 aromatic rings. The molecule has 1 fully saturated rings. The van der Waals surface area contributed by atoms with E-state index in [2.05, 4.69) is 5.32 Å². The van der Waals surface area contributed by atoms with Crippen molar-refractivity contribution in [2.75, 3.05) is 24.6 Å². The Labute approximate surface area is 119 Å². The highest BCUT2D eigenvalue weighted by molar-refractivity contribution is 7.91. The van der Waals surface area contributed by atoms with E-state index >= 15 is 0 Å². The molecule has 1 rings (SSSR count). The number of carbonyl (C=O) groups is 2. The van der Waals surface area contributed by atoms with Crippen molar-refractivity contribution in [2.24, 2.45) is 0 Å². The van der Waals surface area contributed by atoms with Crippen LogP contribution in [0.1, 0.15) is 32.6 Å². The fourth-order valence-corrected chi connectivity index (χ4v) is 2.94. The Kier molecular flexibility index (Phi) is 6.25. The number of hydrogen-bond acceptors (Lipinski definition) is 4. The molecule has 7 nitrogen and oxygen atoms in total. The largest absolute Gasteiger partial charge is 0.481 e. The predicted octanol–water partition coefficient (Wildman–Crippen LogP) is 0.460. The molecule has 8 heteroatoms. The fourth-order valence-electron chi connectivity index (χ4n) is 2.24. The van der Waals surface area contributed by atoms with E-state index in [1.165, 1.54) is 4.90 Å². The standard InChI is InChI=1S/C12H22N2O5S/c1-2-20(18,19)8-6-13-12(17)14-7-4-3-5-10(14)9-11(15)16/h10H,2-9H2,1H3,(H,13,17)(H,15,16). The molecule has 1 saturated heterocycles. The lowest BCUT2D eigenvalue weighted by atomic mass is 10.00. The van der Waals surface area contributed by atoms with Gasteiger partial charge in [0, 0.05) is 24.9 Å². The second-order valence-electron chi connectivity index (χ2n) is 4.91. The first-order valence-electron chi connectivity index (χ1n) is 6.82. The number of urea groups is 1. The van der Waals surface area contributed by atoms with Gasteiger partial charge in [-0.3, -0.25) is 4.79 Å². The van der Waals surface area contributed by atoms with Crippen molar-refractivity contribution in [3.63, 3.8) is 0 Å². The maximum absolute atomic E-state index is 12.0. The highest BCUT2D eigenvalue weighted by Gasteiger charge is 2.28. The summed E-state index contributed by atoms with van der Waals surface area (Å²) in [5.74, 6) is -0.968. The third-order valence-corrected chi connectivity index (χ3v) is 5.13. The lowest BCUT2D eigenvalue weighted by molar-refractivity contribution is -0.138. The van der Waals surface area contributed by atoms with Gasteiger partial charge in [-0.15, -0.1) is 0 Å². The third kappa shape index (κ3) is 5.36. The summed E-state index contributed by atoms with van der Waals surface area (Å²) < 4.78 is 22.6. The molecular weight excluding hydrogens is 284 g/mol. The second-order valence-corrected chi connectivity index (χ2v) is 7.38. The molecule has 1 aliphatic heterocycles. The first-order chi connectivity index (χ1) is 9.35. The Morgan fingerprint density at radius 2 is 2.05 bits per heavy atom. The van der Waals surface area contributed by atoms with E-state index in [-0.39, 0.29) is 36.5 Å². The number of hydrogen-bond donors (Lipinski definition) is 2. The molecule has 2 N–H and O–H groups in total. The van der Waals surface area contributed by atoms with Crippen LogP contribution >= 0.6 is 0 Å². The molecule has 20 heavy (non-hydrogen) atoms. The van der Waals surface area contributed by atoms with Gasteiger partial charge in [0.05, 0.1) is 12.2 Å². The minimum atomic E-state index is -3.11. The number of nitrogens with zero attached hydrogens (tertiary/aromatic N) is 1. The smallest absolute Gasteiger partial charge is 0.317 e. The van der Waals surface area contributed by atoms with Crippen LogP contribution in [0.4, 0.5) is 4.79 Å². The van der Waals surface area contributed by atoms with Crippen molar-refractivity contribution < 1.29 is 23.1 Å². The number of nitrogens with one attached hydrogen (secondary N) is 1. The van der Waals surface area contributed by atoms with E-state index < -0.39 is 15.8 Å². The molecule has 1 atom stereocenters. The summed E-state index contributed by atoms with van der Waals surface area (Å²) in [6, 6.07) is -0.675. The topological polar surface area (TPSA) is 104 Å². The normalized spacial score (nSPS) is 19.6. The monoisotopic (exact) mass is 306 g/mol. The zero-order chi connectivity index (χ0) is 15.2. The van der Waals surface area contributed by atoms with Gasteiger partial charge in [-0.05, 0) is 19.3 Å². The van der Waals surface area contributed by atoms with Gasteiger partial charge in [-0.1, -0.05) is 6.92 Å². The first-order valence-corrected chi connectivity index (χ1v) is 8.64. The van der Waals surface area contributed by atoms with Crippen LogP contribution in [0.2, 0.25) is 0 Å². The van der Waals surface area contributed by atoms with Crippen LogP contribution in [0.5, 0.6) is 0 Å². The van der Waals surface area contributed by atoms with Gasteiger partial charge in [-0.25, -0.2) is 13.2 Å². The summed E-state index contributed by atoms with van der Waals surface area (Å²) in [4.78, 5) is 24.3. The maximum Gasteiger partial charge on any atom is 0.317 e. The molecule has 1 aliphatic rings. The number of likely N-dealkylation sites (tertiary alicyclic amines) is 1. The quantitative estimate of drug-likeness (QED) is 0.742. The Morgan fingerprint density at radius 3 is 2.65 bits per heavy atom. The van der Waals surface area contributed by atoms with E-state index in [4.69, 9.17) is 5.11 Å². The van der Waals surface area contributed by atoms with E-state index in [0.717, 1.165) is 12.8 Å². The first kappa shape index (κ1) is 16.7. The predicted molar refractivity (Wildman–Crippen MR) is 74.3 cm³/mol. The van der Waals surface area contributed by atoms with Crippen LogP contribution < -0.4 is 5.32 Å². The molecule has 1 heterocycles. The molecule has 0 aromatic carbocycles. The maximum atomic E-state index is 12.0. The molecule has 116 valence electrons. The average Bonchev–Trinajstić information content (AvgIpc) is 2.38. The molecule has 0 radical (unpaired) electrons. The number of carboxylic acid groups (broad SMARTS) is 1. The summed E-state index contributed by atoms with van der Waals surface area (Å²) in [5, 5.41) is 11.4. The lowest BCUT2D eigenvalue weighted by Crippen LogP contribution is -2.50. The minimum absolute atomic E-state index is 0.0498. The molecule has 0 aromatic heterocycles. The summed E-state index contributed by atoms with van der Waals surface area (Å²) in [5.41, 5.74) is 0. The van der Waals surface area contributed by atoms with Crippen molar-refractivity contribution in [2.45, 2.75) is 38.6 Å². The molecule has 0 spiro atoms. The number of piperidine rings is 1. The summed E-state index contributed by atoms with van der Waals surface area (Å²) in [7, 11) is -3.11. The molecule has 0 saturated carbocycles. The van der Waals surface area contributed by atoms with Gasteiger partial charge in [0.2, 0.25) is 0 Å². The van der Waals surface area contributed by atoms with Crippen molar-refractivity contribution >= 4 is 21.8 Å². The third-order valence-electron chi connectivity index (χ3n) is 3.43. The minimum Gasteiger partial charge on any atom is -0.481 e. The number of rotatable bonds is 6. The molecule has 0 bridgehead atoms. The lowest BCUT2D eigenvalue weighted by Gasteiger charge is -2.34. The van der Waals surface area contributed by atoms with Gasteiger partial charge in [0.1, 0.15) is 0 Å². The van der Waals surface area contributed by atoms with Crippen molar-refractivity contribution in [1.29, 1.82) is 0 Å². The van der Waals surface area contributed by atoms with Crippen molar-refractivity contribution in [3.8, 4) is 0 Å². The SMILES string of the molecule is CCS(=O)(=O)CCNC(=O)N1CCCCC1CC(=O)O. The van der Waals surface area contributed by atoms with Crippen LogP contribution in [0.3, 0.4) is 0 Å². The van der Waals surface area contributed by atoms with Crippen molar-refractivity contribution in [1.82, 2.24) is 10.2 Å². The van der Waals surface area contributed by atoms with E-state index in [1.54, 1.807) is 6.92 Å². The fraction of sp³-hybridized carbons (Fsp3) is 0.833. The van der Waals surface area contributed by atoms with E-state index in [1.807, 2.05) is 0 Å². The number of carbonyl (C=O) groups excluding carboxylic acids is 1. The Balaban J connectivity index is 2.49. The van der Waals surface area contributed by atoms with Crippen LogP contribution in [-0.4, -0.2) is 61.1 Å². The van der Waals surface area contributed by atoms with Crippen LogP contribution in [0.25, 0.3) is 0 Å². The van der Waals surface area contributed by atoms with Crippen LogP contribution in [0.15, 0.2) is 0 Å². The summed E-state index contributed by atoms with van der Waals surface area (Å²) >= 11 is 0. The van der Waals surface area contributed by atoms with E-state index in [9.17, 15) is 18.0 Å². The number of amides is 2. The zero-order valence-corrected chi connectivity index (χ0v) is 12.5. The van der Waals surface area contributed by atoms with Gasteiger partial charge in [0.25, 0.3) is 0 Å². The van der Waals surface area contributed by atoms with Crippen molar-refractivity contribution in [3.05, 3.63) is 0 Å². The summed E-state index contributed by atoms with van der Waals surface area (Å²) in [6.45, 7) is 2.14. The Hall–Kier alpha value is -1.31. The van der Waals surface area contributed by atoms with Gasteiger partial charge in [-0.2, -0.15) is 0 Å². The Morgan fingerprint density at radius 1 is 1.35 bits per heavy atom. The molecule has 2 amide bonds. The van der Waals surface area contributed by atoms with Crippen LogP contribution in [-0.2, 0) is 14.6 Å². The number of sulfone groups is 1. The molecular formula is C12H22N2O5S. The van der Waals surface area contributed by atoms with Gasteiger partial charge < -0.3 is 15.3 Å². The number of aliphatic carboxylic acids is 1. The average molecular weight is 306 g/mol. The molecule has 0 aliphatic carbocycles. The van der Waals surface area contributed by atoms with E-state index in [0.29, 0.717) is 13.0 Å². The van der Waals surface area contributed by atoms with Gasteiger partial charge >= 0.3 is 12.0 Å². The highest BCUT2D eigenvalue weighted by atomic mass is 32.2. The summed E-state index contributed by atoms with van der Waals surface area (Å²) in [6.07, 6.45) is 2.36. The van der Waals surface area contributed by atoms with Gasteiger partial charge in [0.15, 0.2) is 9.84 Å². The highest BCUT2D eigenvalue weighted by Crippen LogP contribution is 2.19. The number of carboxylic acids is 1. The second kappa shape index (κ2) is 7.47. The Bertz CT molecular complexity index is 449.